The Bertz CT molecular complexity index is 783. The van der Waals surface area contributed by atoms with Crippen molar-refractivity contribution in [1.29, 1.82) is 0 Å². The van der Waals surface area contributed by atoms with Gasteiger partial charge in [0.25, 0.3) is 0 Å². The quantitative estimate of drug-likeness (QED) is 0.742. The van der Waals surface area contributed by atoms with Crippen LogP contribution in [0.25, 0.3) is 17.0 Å². The number of rotatable bonds is 1. The predicted octanol–water partition coefficient (Wildman–Crippen LogP) is 2.47. The fraction of sp³-hybridized carbons (Fsp3) is 0.0833. The van der Waals surface area contributed by atoms with Crippen molar-refractivity contribution in [3.8, 4) is 11.4 Å². The molecule has 5 nitrogen and oxygen atoms in total. The fourth-order valence-corrected chi connectivity index (χ4v) is 2.01. The van der Waals surface area contributed by atoms with Crippen molar-refractivity contribution in [2.75, 3.05) is 5.73 Å². The minimum absolute atomic E-state index is 0.140. The lowest BCUT2D eigenvalue weighted by Crippen LogP contribution is -2.03. The predicted molar refractivity (Wildman–Crippen MR) is 70.3 cm³/mol. The van der Waals surface area contributed by atoms with Crippen LogP contribution in [0.2, 0.25) is 5.02 Å². The third-order valence-electron chi connectivity index (χ3n) is 2.64. The van der Waals surface area contributed by atoms with Crippen molar-refractivity contribution in [1.82, 2.24) is 19.6 Å². The van der Waals surface area contributed by atoms with Crippen LogP contribution in [0.4, 0.5) is 10.2 Å². The summed E-state index contributed by atoms with van der Waals surface area (Å²) in [6, 6.07) is 6.01. The lowest BCUT2D eigenvalue weighted by molar-refractivity contribution is 0.628. The van der Waals surface area contributed by atoms with Gasteiger partial charge in [0.1, 0.15) is 22.5 Å². The van der Waals surface area contributed by atoms with Gasteiger partial charge >= 0.3 is 0 Å². The van der Waals surface area contributed by atoms with Gasteiger partial charge in [0, 0.05) is 5.56 Å². The molecular formula is C12H9ClFN5. The van der Waals surface area contributed by atoms with Gasteiger partial charge in [0.2, 0.25) is 0 Å². The van der Waals surface area contributed by atoms with E-state index in [-0.39, 0.29) is 16.7 Å². The smallest absolute Gasteiger partial charge is 0.180 e. The molecule has 2 heterocycles. The summed E-state index contributed by atoms with van der Waals surface area (Å²) in [5, 5.41) is 4.44. The standard InChI is InChI=1S/C12H9ClFN5/c1-6-16-12-9(13)10(15)17-11(19(12)18-6)7-3-2-4-8(14)5-7/h2-5H,15H2,1H3. The van der Waals surface area contributed by atoms with E-state index in [9.17, 15) is 4.39 Å². The zero-order valence-corrected chi connectivity index (χ0v) is 10.7. The van der Waals surface area contributed by atoms with Gasteiger partial charge in [0.15, 0.2) is 11.5 Å². The maximum Gasteiger partial charge on any atom is 0.180 e. The molecule has 0 unspecified atom stereocenters. The second-order valence-electron chi connectivity index (χ2n) is 4.04. The number of benzene rings is 1. The molecule has 0 fully saturated rings. The molecule has 0 radical (unpaired) electrons. The maximum atomic E-state index is 13.3. The summed E-state index contributed by atoms with van der Waals surface area (Å²) in [5.74, 6) is 0.711. The van der Waals surface area contributed by atoms with Crippen molar-refractivity contribution >= 4 is 23.1 Å². The molecule has 96 valence electrons. The minimum Gasteiger partial charge on any atom is -0.382 e. The third-order valence-corrected chi connectivity index (χ3v) is 3.01. The monoisotopic (exact) mass is 277 g/mol. The molecule has 0 amide bonds. The van der Waals surface area contributed by atoms with Crippen LogP contribution in [-0.4, -0.2) is 19.6 Å². The molecule has 3 rings (SSSR count). The number of halogens is 2. The average molecular weight is 278 g/mol. The Kier molecular flexibility index (Phi) is 2.60. The number of hydrogen-bond acceptors (Lipinski definition) is 4. The summed E-state index contributed by atoms with van der Waals surface area (Å²) in [5.41, 5.74) is 6.72. The second kappa shape index (κ2) is 4.17. The van der Waals surface area contributed by atoms with E-state index >= 15 is 0 Å². The van der Waals surface area contributed by atoms with Gasteiger partial charge in [-0.1, -0.05) is 23.7 Å². The number of anilines is 1. The first-order valence-electron chi connectivity index (χ1n) is 5.50. The van der Waals surface area contributed by atoms with Gasteiger partial charge in [-0.3, -0.25) is 0 Å². The SMILES string of the molecule is Cc1nc2c(Cl)c(N)nc(-c3cccc(F)c3)n2n1. The molecule has 0 aliphatic rings. The normalized spacial score (nSPS) is 11.1. The Morgan fingerprint density at radius 1 is 1.32 bits per heavy atom. The van der Waals surface area contributed by atoms with Gasteiger partial charge in [-0.2, -0.15) is 4.52 Å². The molecule has 0 atom stereocenters. The number of nitrogens with zero attached hydrogens (tertiary/aromatic N) is 4. The number of aromatic nitrogens is 4. The number of aryl methyl sites for hydroxylation is 1. The first-order chi connectivity index (χ1) is 9.06. The lowest BCUT2D eigenvalue weighted by Gasteiger charge is -2.06. The topological polar surface area (TPSA) is 69.1 Å². The average Bonchev–Trinajstić information content (AvgIpc) is 2.76. The van der Waals surface area contributed by atoms with Crippen LogP contribution in [0.15, 0.2) is 24.3 Å². The van der Waals surface area contributed by atoms with Crippen molar-refractivity contribution in [2.24, 2.45) is 0 Å². The van der Waals surface area contributed by atoms with Crippen LogP contribution < -0.4 is 5.73 Å². The van der Waals surface area contributed by atoms with E-state index in [1.807, 2.05) is 0 Å². The van der Waals surface area contributed by atoms with Gasteiger partial charge < -0.3 is 5.73 Å². The number of hydrogen-bond donors (Lipinski definition) is 1. The van der Waals surface area contributed by atoms with E-state index < -0.39 is 0 Å². The van der Waals surface area contributed by atoms with E-state index in [2.05, 4.69) is 15.1 Å². The van der Waals surface area contributed by atoms with Gasteiger partial charge in [-0.25, -0.2) is 14.4 Å². The largest absolute Gasteiger partial charge is 0.382 e. The van der Waals surface area contributed by atoms with Crippen LogP contribution in [0.5, 0.6) is 0 Å². The Hall–Kier alpha value is -2.21. The minimum atomic E-state index is -0.363. The number of fused-ring (bicyclic) bond motifs is 1. The van der Waals surface area contributed by atoms with E-state index in [0.29, 0.717) is 22.9 Å². The zero-order chi connectivity index (χ0) is 13.6. The number of nitrogens with two attached hydrogens (primary N) is 1. The Morgan fingerprint density at radius 3 is 2.84 bits per heavy atom. The van der Waals surface area contributed by atoms with Gasteiger partial charge in [-0.05, 0) is 19.1 Å². The molecule has 2 N–H and O–H groups in total. The molecule has 1 aromatic carbocycles. The second-order valence-corrected chi connectivity index (χ2v) is 4.42. The zero-order valence-electron chi connectivity index (χ0n) is 9.93. The van der Waals surface area contributed by atoms with Crippen LogP contribution in [0, 0.1) is 12.7 Å². The Labute approximate surface area is 112 Å². The molecule has 7 heteroatoms. The van der Waals surface area contributed by atoms with E-state index in [4.69, 9.17) is 17.3 Å². The first kappa shape index (κ1) is 11.9. The summed E-state index contributed by atoms with van der Waals surface area (Å²) < 4.78 is 14.8. The van der Waals surface area contributed by atoms with Crippen molar-refractivity contribution in [3.05, 3.63) is 40.9 Å². The Morgan fingerprint density at radius 2 is 2.11 bits per heavy atom. The fourth-order valence-electron chi connectivity index (χ4n) is 1.84. The third kappa shape index (κ3) is 1.90. The summed E-state index contributed by atoms with van der Waals surface area (Å²) in [6.07, 6.45) is 0. The van der Waals surface area contributed by atoms with E-state index in [1.165, 1.54) is 16.6 Å². The van der Waals surface area contributed by atoms with Crippen LogP contribution in [0.3, 0.4) is 0 Å². The van der Waals surface area contributed by atoms with Gasteiger partial charge in [0.05, 0.1) is 0 Å². The molecule has 3 aromatic rings. The van der Waals surface area contributed by atoms with E-state index in [0.717, 1.165) is 0 Å². The molecule has 0 aliphatic heterocycles. The highest BCUT2D eigenvalue weighted by Gasteiger charge is 2.15. The summed E-state index contributed by atoms with van der Waals surface area (Å²) in [4.78, 5) is 8.35. The molecule has 0 bridgehead atoms. The summed E-state index contributed by atoms with van der Waals surface area (Å²) >= 11 is 6.05. The number of nitrogen functional groups attached to an aromatic ring is 1. The summed E-state index contributed by atoms with van der Waals surface area (Å²) in [6.45, 7) is 1.73. The Balaban J connectivity index is 2.38. The molecule has 0 aliphatic carbocycles. The summed E-state index contributed by atoms with van der Waals surface area (Å²) in [7, 11) is 0. The van der Waals surface area contributed by atoms with Crippen molar-refractivity contribution in [2.45, 2.75) is 6.92 Å². The molecule has 2 aromatic heterocycles. The van der Waals surface area contributed by atoms with E-state index in [1.54, 1.807) is 19.1 Å². The molecule has 19 heavy (non-hydrogen) atoms. The van der Waals surface area contributed by atoms with Crippen molar-refractivity contribution in [3.63, 3.8) is 0 Å². The van der Waals surface area contributed by atoms with Gasteiger partial charge in [-0.15, -0.1) is 5.10 Å². The lowest BCUT2D eigenvalue weighted by atomic mass is 10.2. The van der Waals surface area contributed by atoms with Crippen LogP contribution in [0.1, 0.15) is 5.82 Å². The molecule has 0 saturated heterocycles. The van der Waals surface area contributed by atoms with Crippen LogP contribution >= 0.6 is 11.6 Å². The molecule has 0 saturated carbocycles. The molecular weight excluding hydrogens is 269 g/mol. The van der Waals surface area contributed by atoms with Crippen molar-refractivity contribution < 1.29 is 4.39 Å². The highest BCUT2D eigenvalue weighted by molar-refractivity contribution is 6.35. The van der Waals surface area contributed by atoms with Crippen LogP contribution in [-0.2, 0) is 0 Å². The molecule has 0 spiro atoms. The first-order valence-corrected chi connectivity index (χ1v) is 5.88. The highest BCUT2D eigenvalue weighted by atomic mass is 35.5. The maximum absolute atomic E-state index is 13.3. The highest BCUT2D eigenvalue weighted by Crippen LogP contribution is 2.27.